The largest absolute Gasteiger partial charge is 0.465 e. The number of aromatic nitrogens is 1. The molecule has 100 valence electrons. The van der Waals surface area contributed by atoms with Gasteiger partial charge in [-0.3, -0.25) is 4.98 Å². The van der Waals surface area contributed by atoms with E-state index >= 15 is 0 Å². The molecule has 0 amide bonds. The third-order valence-electron chi connectivity index (χ3n) is 3.04. The number of rotatable bonds is 6. The van der Waals surface area contributed by atoms with E-state index in [1.54, 1.807) is 12.3 Å². The van der Waals surface area contributed by atoms with Gasteiger partial charge in [-0.15, -0.1) is 0 Å². The van der Waals surface area contributed by atoms with E-state index in [0.717, 1.165) is 18.7 Å². The lowest BCUT2D eigenvalue weighted by Gasteiger charge is -2.20. The minimum absolute atomic E-state index is 0.351. The Kier molecular flexibility index (Phi) is 5.78. The number of pyridine rings is 1. The molecule has 0 saturated carbocycles. The Bertz CT molecular complexity index is 374. The Hall–Kier alpha value is -1.42. The van der Waals surface area contributed by atoms with Crippen LogP contribution >= 0.6 is 0 Å². The zero-order valence-electron chi connectivity index (χ0n) is 11.6. The summed E-state index contributed by atoms with van der Waals surface area (Å²) in [5, 5.41) is 3.47. The van der Waals surface area contributed by atoms with Gasteiger partial charge < -0.3 is 10.1 Å². The van der Waals surface area contributed by atoms with Gasteiger partial charge in [0.25, 0.3) is 0 Å². The normalized spacial score (nSPS) is 12.5. The quantitative estimate of drug-likeness (QED) is 0.788. The van der Waals surface area contributed by atoms with Crippen molar-refractivity contribution in [1.29, 1.82) is 0 Å². The Morgan fingerprint density at radius 2 is 2.17 bits per heavy atom. The summed E-state index contributed by atoms with van der Waals surface area (Å²) in [4.78, 5) is 15.5. The molecule has 0 aliphatic rings. The molecule has 1 N–H and O–H groups in total. The molecule has 18 heavy (non-hydrogen) atoms. The number of carbonyl (C=O) groups is 1. The first-order chi connectivity index (χ1) is 8.58. The predicted octanol–water partition coefficient (Wildman–Crippen LogP) is 2.39. The van der Waals surface area contributed by atoms with Crippen molar-refractivity contribution in [3.8, 4) is 0 Å². The SMILES string of the molecule is CCC(NCc1ccc(C(=O)OC)cn1)C(C)C. The van der Waals surface area contributed by atoms with E-state index in [4.69, 9.17) is 0 Å². The average Bonchev–Trinajstić information content (AvgIpc) is 2.39. The van der Waals surface area contributed by atoms with Crippen molar-refractivity contribution >= 4 is 5.97 Å². The maximum Gasteiger partial charge on any atom is 0.339 e. The summed E-state index contributed by atoms with van der Waals surface area (Å²) in [6.45, 7) is 7.30. The van der Waals surface area contributed by atoms with Crippen molar-refractivity contribution in [1.82, 2.24) is 10.3 Å². The highest BCUT2D eigenvalue weighted by Crippen LogP contribution is 2.07. The lowest BCUT2D eigenvalue weighted by Crippen LogP contribution is -2.32. The fraction of sp³-hybridized carbons (Fsp3) is 0.571. The van der Waals surface area contributed by atoms with Gasteiger partial charge in [-0.2, -0.15) is 0 Å². The zero-order valence-corrected chi connectivity index (χ0v) is 11.6. The number of carbonyl (C=O) groups excluding carboxylic acids is 1. The summed E-state index contributed by atoms with van der Waals surface area (Å²) in [6, 6.07) is 4.09. The average molecular weight is 250 g/mol. The smallest absolute Gasteiger partial charge is 0.339 e. The topological polar surface area (TPSA) is 51.2 Å². The van der Waals surface area contributed by atoms with Gasteiger partial charge in [-0.1, -0.05) is 20.8 Å². The zero-order chi connectivity index (χ0) is 13.5. The van der Waals surface area contributed by atoms with Crippen LogP contribution in [-0.2, 0) is 11.3 Å². The standard InChI is InChI=1S/C14H22N2O2/c1-5-13(10(2)3)16-9-12-7-6-11(8-15-12)14(17)18-4/h6-8,10,13,16H,5,9H2,1-4H3. The molecular weight excluding hydrogens is 228 g/mol. The lowest BCUT2D eigenvalue weighted by molar-refractivity contribution is 0.0600. The van der Waals surface area contributed by atoms with Crippen LogP contribution in [0.25, 0.3) is 0 Å². The predicted molar refractivity (Wildman–Crippen MR) is 71.3 cm³/mol. The molecule has 0 aliphatic carbocycles. The molecule has 0 aromatic carbocycles. The number of nitrogens with one attached hydrogen (secondary N) is 1. The molecule has 4 heteroatoms. The van der Waals surface area contributed by atoms with Gasteiger partial charge in [0.15, 0.2) is 0 Å². The van der Waals surface area contributed by atoms with Gasteiger partial charge in [0, 0.05) is 18.8 Å². The van der Waals surface area contributed by atoms with Crippen LogP contribution in [0, 0.1) is 5.92 Å². The van der Waals surface area contributed by atoms with Gasteiger partial charge in [-0.25, -0.2) is 4.79 Å². The highest BCUT2D eigenvalue weighted by atomic mass is 16.5. The Labute approximate surface area is 109 Å². The fourth-order valence-electron chi connectivity index (χ4n) is 1.85. The molecular formula is C14H22N2O2. The van der Waals surface area contributed by atoms with Crippen LogP contribution in [-0.4, -0.2) is 24.1 Å². The third kappa shape index (κ3) is 4.11. The molecule has 1 aromatic rings. The third-order valence-corrected chi connectivity index (χ3v) is 3.04. The molecule has 0 fully saturated rings. The Morgan fingerprint density at radius 1 is 1.44 bits per heavy atom. The Morgan fingerprint density at radius 3 is 2.61 bits per heavy atom. The van der Waals surface area contributed by atoms with E-state index in [-0.39, 0.29) is 5.97 Å². The molecule has 1 aromatic heterocycles. The molecule has 0 bridgehead atoms. The summed E-state index contributed by atoms with van der Waals surface area (Å²) in [7, 11) is 1.37. The van der Waals surface area contributed by atoms with E-state index in [9.17, 15) is 4.79 Å². The van der Waals surface area contributed by atoms with Crippen molar-refractivity contribution in [2.24, 2.45) is 5.92 Å². The number of hydrogen-bond acceptors (Lipinski definition) is 4. The molecule has 0 saturated heterocycles. The van der Waals surface area contributed by atoms with Crippen LogP contribution in [0.5, 0.6) is 0 Å². The van der Waals surface area contributed by atoms with Gasteiger partial charge in [0.05, 0.1) is 18.4 Å². The molecule has 0 radical (unpaired) electrons. The van der Waals surface area contributed by atoms with E-state index < -0.39 is 0 Å². The van der Waals surface area contributed by atoms with E-state index in [1.807, 2.05) is 6.07 Å². The maximum absolute atomic E-state index is 11.2. The molecule has 1 atom stereocenters. The highest BCUT2D eigenvalue weighted by molar-refractivity contribution is 5.88. The fourth-order valence-corrected chi connectivity index (χ4v) is 1.85. The van der Waals surface area contributed by atoms with E-state index in [0.29, 0.717) is 17.5 Å². The number of ether oxygens (including phenoxy) is 1. The van der Waals surface area contributed by atoms with Crippen LogP contribution < -0.4 is 5.32 Å². The highest BCUT2D eigenvalue weighted by Gasteiger charge is 2.10. The van der Waals surface area contributed by atoms with E-state index in [1.165, 1.54) is 7.11 Å². The molecule has 1 heterocycles. The van der Waals surface area contributed by atoms with Gasteiger partial charge in [-0.05, 0) is 24.5 Å². The minimum atomic E-state index is -0.351. The van der Waals surface area contributed by atoms with Crippen molar-refractivity contribution in [3.63, 3.8) is 0 Å². The van der Waals surface area contributed by atoms with Crippen LogP contribution in [0.3, 0.4) is 0 Å². The van der Waals surface area contributed by atoms with Gasteiger partial charge >= 0.3 is 5.97 Å². The lowest BCUT2D eigenvalue weighted by atomic mass is 10.0. The molecule has 1 unspecified atom stereocenters. The summed E-state index contributed by atoms with van der Waals surface area (Å²) in [5.74, 6) is 0.250. The maximum atomic E-state index is 11.2. The number of hydrogen-bond donors (Lipinski definition) is 1. The second kappa shape index (κ2) is 7.11. The van der Waals surface area contributed by atoms with Crippen LogP contribution in [0.1, 0.15) is 43.2 Å². The van der Waals surface area contributed by atoms with Crippen molar-refractivity contribution in [2.45, 2.75) is 39.8 Å². The number of nitrogens with zero attached hydrogens (tertiary/aromatic N) is 1. The summed E-state index contributed by atoms with van der Waals surface area (Å²) in [5.41, 5.74) is 1.42. The van der Waals surface area contributed by atoms with E-state index in [2.05, 4.69) is 35.8 Å². The monoisotopic (exact) mass is 250 g/mol. The first-order valence-electron chi connectivity index (χ1n) is 6.35. The van der Waals surface area contributed by atoms with Crippen LogP contribution in [0.15, 0.2) is 18.3 Å². The number of esters is 1. The summed E-state index contributed by atoms with van der Waals surface area (Å²) in [6.07, 6.45) is 2.65. The second-order valence-electron chi connectivity index (χ2n) is 4.67. The van der Waals surface area contributed by atoms with Crippen LogP contribution in [0.4, 0.5) is 0 Å². The summed E-state index contributed by atoms with van der Waals surface area (Å²) < 4.78 is 4.63. The first kappa shape index (κ1) is 14.6. The molecule has 1 rings (SSSR count). The first-order valence-corrected chi connectivity index (χ1v) is 6.35. The van der Waals surface area contributed by atoms with Crippen molar-refractivity contribution < 1.29 is 9.53 Å². The summed E-state index contributed by atoms with van der Waals surface area (Å²) >= 11 is 0. The van der Waals surface area contributed by atoms with Crippen molar-refractivity contribution in [3.05, 3.63) is 29.6 Å². The Balaban J connectivity index is 2.56. The molecule has 0 aliphatic heterocycles. The molecule has 0 spiro atoms. The van der Waals surface area contributed by atoms with Crippen molar-refractivity contribution in [2.75, 3.05) is 7.11 Å². The van der Waals surface area contributed by atoms with Gasteiger partial charge in [0.1, 0.15) is 0 Å². The number of methoxy groups -OCH3 is 1. The van der Waals surface area contributed by atoms with Crippen LogP contribution in [0.2, 0.25) is 0 Å². The minimum Gasteiger partial charge on any atom is -0.465 e. The second-order valence-corrected chi connectivity index (χ2v) is 4.67. The molecule has 4 nitrogen and oxygen atoms in total. The van der Waals surface area contributed by atoms with Gasteiger partial charge in [0.2, 0.25) is 0 Å².